The molecule has 39 heavy (non-hydrogen) atoms. The monoisotopic (exact) mass is 541 g/mol. The summed E-state index contributed by atoms with van der Waals surface area (Å²) in [5.41, 5.74) is 11.8. The summed E-state index contributed by atoms with van der Waals surface area (Å²) in [5, 5.41) is 6.71. The van der Waals surface area contributed by atoms with Crippen LogP contribution in [0.25, 0.3) is 11.3 Å². The second-order valence-corrected chi connectivity index (χ2v) is 8.50. The number of primary amides is 1. The van der Waals surface area contributed by atoms with E-state index in [1.807, 2.05) is 0 Å². The molecule has 1 unspecified atom stereocenters. The standard InChI is InChI=1S/C27H23F4N5O3/c1-39-20-12-11-18(28)13-19(20)26(38)34-14-15-7-9-16(10-8-15)22-21(25(33)37)24(32)36(35-22)23(27(29,30)31)17-5-3-2-4-6-17/h2-13,23H,14,32H2,1H3,(H2,33,37)(H,34,38). The lowest BCUT2D eigenvalue weighted by molar-refractivity contribution is -0.158. The van der Waals surface area contributed by atoms with Crippen LogP contribution in [0.4, 0.5) is 23.4 Å². The molecule has 0 saturated carbocycles. The molecule has 1 atom stereocenters. The van der Waals surface area contributed by atoms with E-state index in [1.165, 1.54) is 55.6 Å². The van der Waals surface area contributed by atoms with Crippen molar-refractivity contribution in [1.82, 2.24) is 15.1 Å². The number of nitrogens with one attached hydrogen (secondary N) is 1. The van der Waals surface area contributed by atoms with Gasteiger partial charge in [0.1, 0.15) is 28.6 Å². The highest BCUT2D eigenvalue weighted by Crippen LogP contribution is 2.39. The quantitative estimate of drug-likeness (QED) is 0.284. The van der Waals surface area contributed by atoms with Gasteiger partial charge >= 0.3 is 6.18 Å². The first-order chi connectivity index (χ1) is 18.5. The zero-order valence-electron chi connectivity index (χ0n) is 20.5. The van der Waals surface area contributed by atoms with Crippen molar-refractivity contribution in [3.8, 4) is 17.0 Å². The molecule has 4 aromatic rings. The van der Waals surface area contributed by atoms with Crippen LogP contribution in [-0.2, 0) is 6.54 Å². The molecule has 8 nitrogen and oxygen atoms in total. The van der Waals surface area contributed by atoms with Crippen LogP contribution in [0.2, 0.25) is 0 Å². The summed E-state index contributed by atoms with van der Waals surface area (Å²) < 4.78 is 61.6. The SMILES string of the molecule is COc1ccc(F)cc1C(=O)NCc1ccc(-c2nn(C(c3ccccc3)C(F)(F)F)c(N)c2C(N)=O)cc1. The molecular formula is C27H23F4N5O3. The van der Waals surface area contributed by atoms with E-state index in [9.17, 15) is 27.2 Å². The average molecular weight is 542 g/mol. The molecule has 0 bridgehead atoms. The molecular weight excluding hydrogens is 518 g/mol. The van der Waals surface area contributed by atoms with Gasteiger partial charge in [0.05, 0.1) is 12.7 Å². The molecule has 0 fully saturated rings. The minimum Gasteiger partial charge on any atom is -0.496 e. The molecule has 2 amide bonds. The highest BCUT2D eigenvalue weighted by atomic mass is 19.4. The van der Waals surface area contributed by atoms with Gasteiger partial charge in [-0.05, 0) is 29.3 Å². The summed E-state index contributed by atoms with van der Waals surface area (Å²) in [6.45, 7) is 0.0438. The summed E-state index contributed by atoms with van der Waals surface area (Å²) in [5.74, 6) is -2.54. The molecule has 1 heterocycles. The van der Waals surface area contributed by atoms with Crippen LogP contribution in [0.5, 0.6) is 5.75 Å². The Bertz CT molecular complexity index is 1500. The number of nitrogen functional groups attached to an aromatic ring is 1. The number of aromatic nitrogens is 2. The Kier molecular flexibility index (Phi) is 7.56. The summed E-state index contributed by atoms with van der Waals surface area (Å²) in [7, 11) is 1.36. The van der Waals surface area contributed by atoms with Crippen LogP contribution in [0.1, 0.15) is 37.9 Å². The van der Waals surface area contributed by atoms with Gasteiger partial charge in [0.25, 0.3) is 11.8 Å². The lowest BCUT2D eigenvalue weighted by Gasteiger charge is -2.22. The van der Waals surface area contributed by atoms with Crippen molar-refractivity contribution in [2.24, 2.45) is 5.73 Å². The molecule has 12 heteroatoms. The Balaban J connectivity index is 1.63. The largest absolute Gasteiger partial charge is 0.496 e. The van der Waals surface area contributed by atoms with Crippen LogP contribution in [-0.4, -0.2) is 34.9 Å². The highest BCUT2D eigenvalue weighted by Gasteiger charge is 2.45. The van der Waals surface area contributed by atoms with Crippen molar-refractivity contribution in [3.05, 3.63) is 101 Å². The number of carbonyl (C=O) groups is 2. The third-order valence-electron chi connectivity index (χ3n) is 5.95. The van der Waals surface area contributed by atoms with Gasteiger partial charge in [-0.15, -0.1) is 0 Å². The van der Waals surface area contributed by atoms with Gasteiger partial charge in [-0.3, -0.25) is 9.59 Å². The number of carbonyl (C=O) groups excluding carboxylic acids is 2. The van der Waals surface area contributed by atoms with E-state index in [0.717, 1.165) is 6.07 Å². The highest BCUT2D eigenvalue weighted by molar-refractivity contribution is 6.03. The maximum atomic E-state index is 14.1. The maximum absolute atomic E-state index is 14.1. The number of hydrogen-bond donors (Lipinski definition) is 3. The third-order valence-corrected chi connectivity index (χ3v) is 5.95. The van der Waals surface area contributed by atoms with E-state index in [0.29, 0.717) is 10.2 Å². The normalized spacial score (nSPS) is 12.1. The van der Waals surface area contributed by atoms with E-state index in [1.54, 1.807) is 18.2 Å². The van der Waals surface area contributed by atoms with E-state index in [2.05, 4.69) is 10.4 Å². The number of alkyl halides is 3. The number of hydrogen-bond acceptors (Lipinski definition) is 5. The molecule has 0 radical (unpaired) electrons. The van der Waals surface area contributed by atoms with Crippen molar-refractivity contribution in [1.29, 1.82) is 0 Å². The van der Waals surface area contributed by atoms with Gasteiger partial charge in [-0.2, -0.15) is 18.3 Å². The van der Waals surface area contributed by atoms with Crippen LogP contribution in [0.3, 0.4) is 0 Å². The molecule has 0 aliphatic carbocycles. The Morgan fingerprint density at radius 3 is 2.31 bits per heavy atom. The fourth-order valence-electron chi connectivity index (χ4n) is 4.11. The molecule has 202 valence electrons. The van der Waals surface area contributed by atoms with E-state index in [-0.39, 0.29) is 40.2 Å². The lowest BCUT2D eigenvalue weighted by atomic mass is 10.0. The maximum Gasteiger partial charge on any atom is 0.415 e. The minimum atomic E-state index is -4.78. The predicted octanol–water partition coefficient (Wildman–Crippen LogP) is 4.46. The molecule has 3 aromatic carbocycles. The van der Waals surface area contributed by atoms with E-state index < -0.39 is 35.7 Å². The first-order valence-corrected chi connectivity index (χ1v) is 11.5. The van der Waals surface area contributed by atoms with Crippen molar-refractivity contribution in [3.63, 3.8) is 0 Å². The van der Waals surface area contributed by atoms with Gasteiger partial charge in [0.15, 0.2) is 6.04 Å². The number of ether oxygens (including phenoxy) is 1. The van der Waals surface area contributed by atoms with Crippen molar-refractivity contribution in [2.45, 2.75) is 18.8 Å². The van der Waals surface area contributed by atoms with E-state index >= 15 is 0 Å². The number of nitrogens with zero attached hydrogens (tertiary/aromatic N) is 2. The Morgan fingerprint density at radius 1 is 1.05 bits per heavy atom. The van der Waals surface area contributed by atoms with Crippen molar-refractivity contribution < 1.29 is 31.9 Å². The topological polar surface area (TPSA) is 125 Å². The Hall–Kier alpha value is -4.87. The fraction of sp³-hybridized carbons (Fsp3) is 0.148. The second-order valence-electron chi connectivity index (χ2n) is 8.50. The van der Waals surface area contributed by atoms with Gasteiger partial charge in [-0.1, -0.05) is 54.6 Å². The molecule has 4 rings (SSSR count). The van der Waals surface area contributed by atoms with Crippen LogP contribution < -0.4 is 21.5 Å². The zero-order chi connectivity index (χ0) is 28.3. The number of rotatable bonds is 8. The van der Waals surface area contributed by atoms with E-state index in [4.69, 9.17) is 16.2 Å². The number of halogens is 4. The number of methoxy groups -OCH3 is 1. The van der Waals surface area contributed by atoms with Crippen molar-refractivity contribution in [2.75, 3.05) is 12.8 Å². The number of nitrogens with two attached hydrogens (primary N) is 2. The predicted molar refractivity (Wildman–Crippen MR) is 135 cm³/mol. The molecule has 1 aromatic heterocycles. The zero-order valence-corrected chi connectivity index (χ0v) is 20.5. The average Bonchev–Trinajstić information content (AvgIpc) is 3.24. The fourth-order valence-corrected chi connectivity index (χ4v) is 4.11. The van der Waals surface area contributed by atoms with Crippen LogP contribution in [0.15, 0.2) is 72.8 Å². The Labute approximate surface area is 220 Å². The van der Waals surface area contributed by atoms with Gasteiger partial charge in [0, 0.05) is 12.1 Å². The van der Waals surface area contributed by atoms with Crippen LogP contribution >= 0.6 is 0 Å². The molecule has 0 spiro atoms. The van der Waals surface area contributed by atoms with Gasteiger partial charge in [-0.25, -0.2) is 9.07 Å². The number of benzene rings is 3. The minimum absolute atomic E-state index is 0.0128. The number of anilines is 1. The first-order valence-electron chi connectivity index (χ1n) is 11.5. The van der Waals surface area contributed by atoms with Crippen molar-refractivity contribution >= 4 is 17.6 Å². The number of amides is 2. The Morgan fingerprint density at radius 2 is 1.72 bits per heavy atom. The summed E-state index contributed by atoms with van der Waals surface area (Å²) >= 11 is 0. The molecule has 5 N–H and O–H groups in total. The van der Waals surface area contributed by atoms with Gasteiger partial charge in [0.2, 0.25) is 0 Å². The molecule has 0 aliphatic heterocycles. The first kappa shape index (κ1) is 27.2. The summed E-state index contributed by atoms with van der Waals surface area (Å²) in [6, 6.07) is 14.5. The summed E-state index contributed by atoms with van der Waals surface area (Å²) in [6.07, 6.45) is -4.78. The second kappa shape index (κ2) is 10.9. The molecule has 0 aliphatic rings. The summed E-state index contributed by atoms with van der Waals surface area (Å²) in [4.78, 5) is 24.7. The van der Waals surface area contributed by atoms with Gasteiger partial charge < -0.3 is 21.5 Å². The lowest BCUT2D eigenvalue weighted by Crippen LogP contribution is -2.29. The third kappa shape index (κ3) is 5.69. The van der Waals surface area contributed by atoms with Crippen LogP contribution in [0, 0.1) is 5.82 Å². The molecule has 0 saturated heterocycles. The smallest absolute Gasteiger partial charge is 0.415 e.